The van der Waals surface area contributed by atoms with E-state index in [2.05, 4.69) is 10.2 Å². The van der Waals surface area contributed by atoms with Crippen LogP contribution >= 0.6 is 0 Å². The van der Waals surface area contributed by atoms with Gasteiger partial charge in [0.25, 0.3) is 0 Å². The number of benzene rings is 2. The van der Waals surface area contributed by atoms with Gasteiger partial charge in [-0.2, -0.15) is 10.2 Å². The Bertz CT molecular complexity index is 588. The van der Waals surface area contributed by atoms with Crippen LogP contribution in [-0.2, 0) is 0 Å². The predicted octanol–water partition coefficient (Wildman–Crippen LogP) is 4.01. The first-order valence-electron chi connectivity index (χ1n) is 7.26. The summed E-state index contributed by atoms with van der Waals surface area (Å²) in [6.07, 6.45) is 0. The smallest absolute Gasteiger partial charge is 0.0808 e. The lowest BCUT2D eigenvalue weighted by atomic mass is 10.3. The highest BCUT2D eigenvalue weighted by molar-refractivity contribution is 6.40. The molecule has 2 aromatic carbocycles. The summed E-state index contributed by atoms with van der Waals surface area (Å²) in [6, 6.07) is 20.1. The molecule has 4 heteroatoms. The molecule has 0 heterocycles. The summed E-state index contributed by atoms with van der Waals surface area (Å²) in [5, 5.41) is 12.9. The number of anilines is 2. The molecule has 0 radical (unpaired) electrons. The van der Waals surface area contributed by atoms with E-state index in [4.69, 9.17) is 0 Å². The molecule has 0 saturated carbocycles. The van der Waals surface area contributed by atoms with Crippen molar-refractivity contribution in [3.8, 4) is 0 Å². The topological polar surface area (TPSA) is 31.2 Å². The van der Waals surface area contributed by atoms with Crippen LogP contribution in [0.4, 0.5) is 11.4 Å². The summed E-state index contributed by atoms with van der Waals surface area (Å²) in [6.45, 7) is 3.94. The monoisotopic (exact) mass is 294 g/mol. The van der Waals surface area contributed by atoms with Crippen molar-refractivity contribution in [2.75, 3.05) is 24.1 Å². The minimum Gasteiger partial charge on any atom is -0.268 e. The van der Waals surface area contributed by atoms with Gasteiger partial charge in [0.1, 0.15) is 0 Å². The first-order valence-corrected chi connectivity index (χ1v) is 7.26. The van der Waals surface area contributed by atoms with Gasteiger partial charge in [-0.1, -0.05) is 36.4 Å². The number of hydrogen-bond acceptors (Lipinski definition) is 4. The lowest BCUT2D eigenvalue weighted by Crippen LogP contribution is -2.19. The first-order chi connectivity index (χ1) is 10.6. The van der Waals surface area contributed by atoms with Crippen LogP contribution in [0.5, 0.6) is 0 Å². The quantitative estimate of drug-likeness (QED) is 0.616. The molecule has 0 N–H and O–H groups in total. The molecule has 0 aliphatic heterocycles. The van der Waals surface area contributed by atoms with E-state index < -0.39 is 0 Å². The van der Waals surface area contributed by atoms with E-state index in [9.17, 15) is 0 Å². The van der Waals surface area contributed by atoms with Gasteiger partial charge in [0.2, 0.25) is 0 Å². The molecule has 2 rings (SSSR count). The SMILES string of the molecule is CC(=N/N(C)c1ccccc1)/C(C)=N\N(C)c1ccccc1. The molecule has 0 aliphatic rings. The molecule has 0 fully saturated rings. The Kier molecular flexibility index (Phi) is 5.31. The van der Waals surface area contributed by atoms with Crippen molar-refractivity contribution in [2.45, 2.75) is 13.8 Å². The van der Waals surface area contributed by atoms with Gasteiger partial charge in [-0.3, -0.25) is 10.0 Å². The Hall–Kier alpha value is -2.62. The third-order valence-corrected chi connectivity index (χ3v) is 3.38. The lowest BCUT2D eigenvalue weighted by Gasteiger charge is -2.16. The van der Waals surface area contributed by atoms with E-state index in [0.717, 1.165) is 22.8 Å². The van der Waals surface area contributed by atoms with Gasteiger partial charge < -0.3 is 0 Å². The molecule has 0 atom stereocenters. The van der Waals surface area contributed by atoms with Crippen molar-refractivity contribution < 1.29 is 0 Å². The number of nitrogens with zero attached hydrogens (tertiary/aromatic N) is 4. The Morgan fingerprint density at radius 2 is 0.955 bits per heavy atom. The van der Waals surface area contributed by atoms with Crippen LogP contribution in [0.2, 0.25) is 0 Å². The Morgan fingerprint density at radius 3 is 1.27 bits per heavy atom. The van der Waals surface area contributed by atoms with Crippen LogP contribution < -0.4 is 10.0 Å². The van der Waals surface area contributed by atoms with Crippen LogP contribution in [0.1, 0.15) is 13.8 Å². The van der Waals surface area contributed by atoms with E-state index in [1.165, 1.54) is 0 Å². The molecule has 0 unspecified atom stereocenters. The minimum atomic E-state index is 0.883. The summed E-state index contributed by atoms with van der Waals surface area (Å²) >= 11 is 0. The van der Waals surface area contributed by atoms with Gasteiger partial charge in [-0.05, 0) is 38.1 Å². The summed E-state index contributed by atoms with van der Waals surface area (Å²) in [5.41, 5.74) is 3.86. The third-order valence-electron chi connectivity index (χ3n) is 3.38. The zero-order chi connectivity index (χ0) is 15.9. The van der Waals surface area contributed by atoms with Crippen molar-refractivity contribution in [1.29, 1.82) is 0 Å². The summed E-state index contributed by atoms with van der Waals surface area (Å²) in [7, 11) is 3.88. The fraction of sp³-hybridized carbons (Fsp3) is 0.222. The fourth-order valence-corrected chi connectivity index (χ4v) is 2.00. The third kappa shape index (κ3) is 4.19. The van der Waals surface area contributed by atoms with Crippen molar-refractivity contribution in [2.24, 2.45) is 10.2 Å². The van der Waals surface area contributed by atoms with Crippen LogP contribution in [0.3, 0.4) is 0 Å². The van der Waals surface area contributed by atoms with Gasteiger partial charge >= 0.3 is 0 Å². The van der Waals surface area contributed by atoms with Gasteiger partial charge in [0, 0.05) is 14.1 Å². The summed E-state index contributed by atoms with van der Waals surface area (Å²) in [5.74, 6) is 0. The standard InChI is InChI=1S/C18H22N4/c1-15(19-21(3)17-11-7-5-8-12-17)16(2)20-22(4)18-13-9-6-10-14-18/h5-14H,1-4H3/b19-15-,20-16-. The van der Waals surface area contributed by atoms with E-state index >= 15 is 0 Å². The number of hydrazone groups is 2. The van der Waals surface area contributed by atoms with E-state index in [1.54, 1.807) is 0 Å². The molecule has 0 saturated heterocycles. The van der Waals surface area contributed by atoms with Gasteiger partial charge in [-0.25, -0.2) is 0 Å². The second kappa shape index (κ2) is 7.41. The maximum absolute atomic E-state index is 4.59. The molecule has 2 aromatic rings. The van der Waals surface area contributed by atoms with Crippen molar-refractivity contribution in [3.05, 3.63) is 60.7 Å². The highest BCUT2D eigenvalue weighted by Crippen LogP contribution is 2.13. The summed E-state index contributed by atoms with van der Waals surface area (Å²) in [4.78, 5) is 0. The number of hydrogen-bond donors (Lipinski definition) is 0. The van der Waals surface area contributed by atoms with Gasteiger partial charge in [0.15, 0.2) is 0 Å². The second-order valence-corrected chi connectivity index (χ2v) is 5.09. The number of para-hydroxylation sites is 2. The van der Waals surface area contributed by atoms with E-state index in [0.29, 0.717) is 0 Å². The zero-order valence-electron chi connectivity index (χ0n) is 13.6. The van der Waals surface area contributed by atoms with Crippen LogP contribution in [-0.4, -0.2) is 25.5 Å². The molecule has 114 valence electrons. The average molecular weight is 294 g/mol. The maximum atomic E-state index is 4.59. The lowest BCUT2D eigenvalue weighted by molar-refractivity contribution is 1.00. The predicted molar refractivity (Wildman–Crippen MR) is 95.9 cm³/mol. The average Bonchev–Trinajstić information content (AvgIpc) is 2.56. The zero-order valence-corrected chi connectivity index (χ0v) is 13.6. The second-order valence-electron chi connectivity index (χ2n) is 5.09. The first kappa shape index (κ1) is 15.8. The van der Waals surface area contributed by atoms with Crippen molar-refractivity contribution in [3.63, 3.8) is 0 Å². The summed E-state index contributed by atoms with van der Waals surface area (Å²) < 4.78 is 0. The molecule has 4 nitrogen and oxygen atoms in total. The molecule has 0 aliphatic carbocycles. The van der Waals surface area contributed by atoms with Gasteiger partial charge in [0.05, 0.1) is 22.8 Å². The highest BCUT2D eigenvalue weighted by atomic mass is 15.5. The number of rotatable bonds is 5. The largest absolute Gasteiger partial charge is 0.268 e. The molecule has 22 heavy (non-hydrogen) atoms. The minimum absolute atomic E-state index is 0.883. The van der Waals surface area contributed by atoms with Crippen LogP contribution in [0.15, 0.2) is 70.9 Å². The van der Waals surface area contributed by atoms with E-state index in [-0.39, 0.29) is 0 Å². The molecule has 0 aromatic heterocycles. The molecular weight excluding hydrogens is 272 g/mol. The van der Waals surface area contributed by atoms with Crippen molar-refractivity contribution >= 4 is 22.8 Å². The Balaban J connectivity index is 2.12. The van der Waals surface area contributed by atoms with Gasteiger partial charge in [-0.15, -0.1) is 0 Å². The van der Waals surface area contributed by atoms with Crippen LogP contribution in [0.25, 0.3) is 0 Å². The Morgan fingerprint density at radius 1 is 0.636 bits per heavy atom. The molecule has 0 amide bonds. The maximum Gasteiger partial charge on any atom is 0.0808 e. The van der Waals surface area contributed by atoms with Crippen LogP contribution in [0, 0.1) is 0 Å². The van der Waals surface area contributed by atoms with Crippen molar-refractivity contribution in [1.82, 2.24) is 0 Å². The fourth-order valence-electron chi connectivity index (χ4n) is 2.00. The molecule has 0 bridgehead atoms. The molecule has 0 spiro atoms. The molecular formula is C18H22N4. The Labute approximate surface area is 132 Å². The highest BCUT2D eigenvalue weighted by Gasteiger charge is 2.04. The van der Waals surface area contributed by atoms with E-state index in [1.807, 2.05) is 98.6 Å². The normalized spacial score (nSPS) is 12.2.